The molecule has 4 heteroatoms. The predicted molar refractivity (Wildman–Crippen MR) is 151 cm³/mol. The molecule has 4 nitrogen and oxygen atoms in total. The average molecular weight is 477 g/mol. The summed E-state index contributed by atoms with van der Waals surface area (Å²) in [4.78, 5) is 15.1. The molecular weight excluding hydrogens is 442 g/mol. The number of quaternary nitrogens is 1. The van der Waals surface area contributed by atoms with Crippen molar-refractivity contribution in [3.63, 3.8) is 0 Å². The van der Waals surface area contributed by atoms with Gasteiger partial charge in [-0.15, -0.1) is 0 Å². The fourth-order valence-corrected chi connectivity index (χ4v) is 5.44. The molecule has 0 saturated carbocycles. The van der Waals surface area contributed by atoms with Crippen molar-refractivity contribution < 1.29 is 9.28 Å². The summed E-state index contributed by atoms with van der Waals surface area (Å²) in [6.45, 7) is 4.76. The summed E-state index contributed by atoms with van der Waals surface area (Å²) in [6.07, 6.45) is 3.58. The fraction of sp³-hybridized carbons (Fsp3) is 0.219. The lowest BCUT2D eigenvalue weighted by Gasteiger charge is -2.30. The zero-order chi connectivity index (χ0) is 25.3. The van der Waals surface area contributed by atoms with Gasteiger partial charge in [0.1, 0.15) is 13.1 Å². The molecule has 0 spiro atoms. The normalized spacial score (nSPS) is 15.5. The van der Waals surface area contributed by atoms with Crippen LogP contribution in [0.15, 0.2) is 91.0 Å². The van der Waals surface area contributed by atoms with Crippen molar-refractivity contribution in [2.24, 2.45) is 0 Å². The van der Waals surface area contributed by atoms with Crippen LogP contribution in [0, 0.1) is 0 Å². The zero-order valence-electron chi connectivity index (χ0n) is 21.3. The van der Waals surface area contributed by atoms with Gasteiger partial charge in [0.15, 0.2) is 0 Å². The summed E-state index contributed by atoms with van der Waals surface area (Å²) < 4.78 is 0.877. The van der Waals surface area contributed by atoms with E-state index in [2.05, 4.69) is 81.7 Å². The number of carbonyl (C=O) groups excluding carboxylic acids is 1. The van der Waals surface area contributed by atoms with Gasteiger partial charge in [-0.05, 0) is 28.7 Å². The first-order chi connectivity index (χ1) is 17.3. The summed E-state index contributed by atoms with van der Waals surface area (Å²) in [5.41, 5.74) is 12.8. The second-order valence-electron chi connectivity index (χ2n) is 10.6. The first-order valence-corrected chi connectivity index (χ1v) is 12.6. The monoisotopic (exact) mass is 476 g/mol. The van der Waals surface area contributed by atoms with Gasteiger partial charge in [-0.25, -0.2) is 0 Å². The van der Waals surface area contributed by atoms with Crippen molar-refractivity contribution in [1.82, 2.24) is 0 Å². The Labute approximate surface area is 213 Å². The van der Waals surface area contributed by atoms with Gasteiger partial charge >= 0.3 is 0 Å². The molecule has 1 heterocycles. The van der Waals surface area contributed by atoms with Crippen LogP contribution >= 0.6 is 0 Å². The number of rotatable bonds is 6. The van der Waals surface area contributed by atoms with E-state index >= 15 is 0 Å². The molecule has 182 valence electrons. The molecule has 0 bridgehead atoms. The summed E-state index contributed by atoms with van der Waals surface area (Å²) in [7, 11) is 4.51. The quantitative estimate of drug-likeness (QED) is 0.200. The maximum Gasteiger partial charge on any atom is 0.251 e. The Morgan fingerprint density at radius 1 is 0.917 bits per heavy atom. The topological polar surface area (TPSA) is 46.3 Å². The molecule has 5 rings (SSSR count). The van der Waals surface area contributed by atoms with E-state index in [4.69, 9.17) is 5.73 Å². The van der Waals surface area contributed by atoms with E-state index in [0.717, 1.165) is 39.6 Å². The Morgan fingerprint density at radius 2 is 1.53 bits per heavy atom. The smallest absolute Gasteiger partial charge is 0.251 e. The van der Waals surface area contributed by atoms with Gasteiger partial charge in [0.2, 0.25) is 0 Å². The van der Waals surface area contributed by atoms with Crippen LogP contribution in [0.25, 0.3) is 16.8 Å². The molecule has 1 atom stereocenters. The van der Waals surface area contributed by atoms with Crippen LogP contribution in [-0.2, 0) is 17.9 Å². The molecule has 36 heavy (non-hydrogen) atoms. The number of fused-ring (bicyclic) bond motifs is 3. The standard InChI is InChI=1S/C32H34N3O/c1-23-20-34(30-19-29(33)27-11-7-8-12-28(27)32(23)30)31(36)18-17-24-13-15-26(16-14-24)22-35(2,3)21-25-9-5-4-6-10-25/h4-19,23H,20-22,33H2,1-3H3/q+1/b18-17+. The lowest BCUT2D eigenvalue weighted by Crippen LogP contribution is -2.37. The number of benzene rings is 4. The number of nitrogens with two attached hydrogens (primary N) is 1. The van der Waals surface area contributed by atoms with Crippen LogP contribution in [0.5, 0.6) is 0 Å². The number of hydrogen-bond donors (Lipinski definition) is 1. The Balaban J connectivity index is 1.28. The van der Waals surface area contributed by atoms with Crippen LogP contribution in [0.4, 0.5) is 11.4 Å². The van der Waals surface area contributed by atoms with Crippen molar-refractivity contribution in [3.05, 3.63) is 113 Å². The van der Waals surface area contributed by atoms with Gasteiger partial charge in [-0.3, -0.25) is 4.79 Å². The van der Waals surface area contributed by atoms with Gasteiger partial charge < -0.3 is 15.1 Å². The Hall–Kier alpha value is -3.89. The maximum atomic E-state index is 13.2. The van der Waals surface area contributed by atoms with Gasteiger partial charge in [0.25, 0.3) is 5.91 Å². The molecule has 1 aliphatic heterocycles. The molecular formula is C32H34N3O+. The predicted octanol–water partition coefficient (Wildman–Crippen LogP) is 6.36. The SMILES string of the molecule is CC1CN(C(=O)/C=C/c2ccc(C[N+](C)(C)Cc3ccccc3)cc2)c2cc(N)c3ccccc3c21. The molecule has 1 amide bonds. The summed E-state index contributed by atoms with van der Waals surface area (Å²) in [6, 6.07) is 29.3. The fourth-order valence-electron chi connectivity index (χ4n) is 5.44. The highest BCUT2D eigenvalue weighted by Gasteiger charge is 2.31. The van der Waals surface area contributed by atoms with Gasteiger partial charge in [-0.1, -0.05) is 85.8 Å². The molecule has 4 aromatic rings. The first kappa shape index (κ1) is 23.8. The number of carbonyl (C=O) groups is 1. The van der Waals surface area contributed by atoms with Crippen molar-refractivity contribution in [2.45, 2.75) is 25.9 Å². The van der Waals surface area contributed by atoms with E-state index in [1.165, 1.54) is 16.7 Å². The molecule has 1 aliphatic rings. The van der Waals surface area contributed by atoms with Crippen molar-refractivity contribution in [1.29, 1.82) is 0 Å². The number of amides is 1. The summed E-state index contributed by atoms with van der Waals surface area (Å²) in [5.74, 6) is 0.250. The third-order valence-electron chi connectivity index (χ3n) is 7.06. The summed E-state index contributed by atoms with van der Waals surface area (Å²) >= 11 is 0. The minimum atomic E-state index is -0.0139. The number of nitrogen functional groups attached to an aromatic ring is 1. The Kier molecular flexibility index (Phi) is 6.38. The molecule has 4 aromatic carbocycles. The van der Waals surface area contributed by atoms with E-state index in [-0.39, 0.29) is 11.8 Å². The van der Waals surface area contributed by atoms with Crippen LogP contribution in [0.2, 0.25) is 0 Å². The molecule has 2 N–H and O–H groups in total. The molecule has 1 unspecified atom stereocenters. The van der Waals surface area contributed by atoms with Gasteiger partial charge in [-0.2, -0.15) is 0 Å². The van der Waals surface area contributed by atoms with Gasteiger partial charge in [0.05, 0.1) is 19.8 Å². The van der Waals surface area contributed by atoms with E-state index in [1.807, 2.05) is 35.2 Å². The average Bonchev–Trinajstić information content (AvgIpc) is 3.20. The van der Waals surface area contributed by atoms with E-state index < -0.39 is 0 Å². The van der Waals surface area contributed by atoms with Crippen LogP contribution in [0.3, 0.4) is 0 Å². The second kappa shape index (κ2) is 9.63. The number of hydrogen-bond acceptors (Lipinski definition) is 2. The van der Waals surface area contributed by atoms with Crippen LogP contribution in [-0.4, -0.2) is 31.0 Å². The van der Waals surface area contributed by atoms with Crippen molar-refractivity contribution in [3.8, 4) is 0 Å². The Morgan fingerprint density at radius 3 is 2.22 bits per heavy atom. The molecule has 0 fully saturated rings. The Bertz CT molecular complexity index is 1420. The highest BCUT2D eigenvalue weighted by Crippen LogP contribution is 2.43. The minimum absolute atomic E-state index is 0.0139. The molecule has 0 radical (unpaired) electrons. The number of anilines is 2. The van der Waals surface area contributed by atoms with Crippen molar-refractivity contribution >= 4 is 34.1 Å². The third kappa shape index (κ3) is 4.91. The van der Waals surface area contributed by atoms with Crippen LogP contribution < -0.4 is 10.6 Å². The first-order valence-electron chi connectivity index (χ1n) is 12.6. The lowest BCUT2D eigenvalue weighted by atomic mass is 9.95. The highest BCUT2D eigenvalue weighted by molar-refractivity contribution is 6.09. The highest BCUT2D eigenvalue weighted by atomic mass is 16.2. The molecule has 0 aliphatic carbocycles. The van der Waals surface area contributed by atoms with E-state index in [1.54, 1.807) is 6.08 Å². The van der Waals surface area contributed by atoms with Crippen LogP contribution in [0.1, 0.15) is 35.1 Å². The second-order valence-corrected chi connectivity index (χ2v) is 10.6. The summed E-state index contributed by atoms with van der Waals surface area (Å²) in [5, 5.41) is 2.20. The maximum absolute atomic E-state index is 13.2. The molecule has 0 saturated heterocycles. The van der Waals surface area contributed by atoms with Crippen molar-refractivity contribution in [2.75, 3.05) is 31.3 Å². The van der Waals surface area contributed by atoms with E-state index in [0.29, 0.717) is 12.2 Å². The molecule has 0 aromatic heterocycles. The van der Waals surface area contributed by atoms with Gasteiger partial charge in [0, 0.05) is 40.7 Å². The third-order valence-corrected chi connectivity index (χ3v) is 7.06. The minimum Gasteiger partial charge on any atom is -0.398 e. The number of nitrogens with zero attached hydrogens (tertiary/aromatic N) is 2. The van der Waals surface area contributed by atoms with E-state index in [9.17, 15) is 4.79 Å². The largest absolute Gasteiger partial charge is 0.398 e. The zero-order valence-corrected chi connectivity index (χ0v) is 21.3. The lowest BCUT2D eigenvalue weighted by molar-refractivity contribution is -0.916.